The highest BCUT2D eigenvalue weighted by Crippen LogP contribution is 2.23. The molecular weight excluding hydrogens is 260 g/mol. The van der Waals surface area contributed by atoms with Crippen LogP contribution in [0.4, 0.5) is 5.82 Å². The van der Waals surface area contributed by atoms with Crippen molar-refractivity contribution in [2.24, 2.45) is 0 Å². The second-order valence-electron chi connectivity index (χ2n) is 3.52. The fraction of sp³-hybridized carbons (Fsp3) is 0.500. The molecule has 0 aromatic carbocycles. The molecule has 76 valence electrons. The highest BCUT2D eigenvalue weighted by molar-refractivity contribution is 9.10. The van der Waals surface area contributed by atoms with Gasteiger partial charge in [0.05, 0.1) is 0 Å². The van der Waals surface area contributed by atoms with Gasteiger partial charge in [0.15, 0.2) is 0 Å². The van der Waals surface area contributed by atoms with Crippen LogP contribution in [-0.4, -0.2) is 22.5 Å². The Balaban J connectivity index is 2.08. The highest BCUT2D eigenvalue weighted by Gasteiger charge is 2.16. The van der Waals surface area contributed by atoms with Gasteiger partial charge in [0.2, 0.25) is 0 Å². The van der Waals surface area contributed by atoms with E-state index in [1.807, 2.05) is 18.0 Å². The van der Waals surface area contributed by atoms with Crippen molar-refractivity contribution < 1.29 is 0 Å². The van der Waals surface area contributed by atoms with Gasteiger partial charge < -0.3 is 5.32 Å². The van der Waals surface area contributed by atoms with Gasteiger partial charge in [0, 0.05) is 22.5 Å². The van der Waals surface area contributed by atoms with Crippen LogP contribution in [0.5, 0.6) is 0 Å². The quantitative estimate of drug-likeness (QED) is 0.896. The first-order valence-corrected chi connectivity index (χ1v) is 6.67. The number of halogens is 1. The van der Waals surface area contributed by atoms with Crippen LogP contribution in [0.25, 0.3) is 0 Å². The average molecular weight is 273 g/mol. The van der Waals surface area contributed by atoms with Crippen molar-refractivity contribution in [2.45, 2.75) is 19.4 Å². The van der Waals surface area contributed by atoms with Crippen molar-refractivity contribution >= 4 is 33.5 Å². The number of pyridine rings is 1. The largest absolute Gasteiger partial charge is 0.366 e. The van der Waals surface area contributed by atoms with Gasteiger partial charge in [-0.2, -0.15) is 11.8 Å². The highest BCUT2D eigenvalue weighted by atomic mass is 79.9. The third-order valence-electron chi connectivity index (χ3n) is 2.32. The summed E-state index contributed by atoms with van der Waals surface area (Å²) in [6, 6.07) is 2.70. The molecule has 1 aliphatic rings. The number of nitrogens with one attached hydrogen (secondary N) is 1. The van der Waals surface area contributed by atoms with Crippen molar-refractivity contribution in [3.63, 3.8) is 0 Å². The van der Waals surface area contributed by atoms with E-state index in [2.05, 4.69) is 39.2 Å². The van der Waals surface area contributed by atoms with Crippen molar-refractivity contribution in [3.05, 3.63) is 22.3 Å². The first-order valence-electron chi connectivity index (χ1n) is 4.72. The number of aryl methyl sites for hydroxylation is 1. The van der Waals surface area contributed by atoms with E-state index >= 15 is 0 Å². The Labute approximate surface area is 97.0 Å². The van der Waals surface area contributed by atoms with E-state index in [9.17, 15) is 0 Å². The van der Waals surface area contributed by atoms with Gasteiger partial charge in [-0.15, -0.1) is 0 Å². The standard InChI is InChI=1S/C10H13BrN2S/c1-7-4-8(11)5-12-10(7)13-9-2-3-14-6-9/h4-5,9H,2-3,6H2,1H3,(H,12,13). The minimum absolute atomic E-state index is 0.604. The normalized spacial score (nSPS) is 21.1. The zero-order valence-electron chi connectivity index (χ0n) is 8.09. The number of rotatable bonds is 2. The maximum absolute atomic E-state index is 4.37. The van der Waals surface area contributed by atoms with Crippen molar-refractivity contribution in [2.75, 3.05) is 16.8 Å². The molecular formula is C10H13BrN2S. The number of thioether (sulfide) groups is 1. The Morgan fingerprint density at radius 1 is 1.64 bits per heavy atom. The van der Waals surface area contributed by atoms with Crippen LogP contribution >= 0.6 is 27.7 Å². The molecule has 0 saturated carbocycles. The summed E-state index contributed by atoms with van der Waals surface area (Å²) < 4.78 is 1.04. The van der Waals surface area contributed by atoms with E-state index in [0.717, 1.165) is 10.3 Å². The molecule has 1 aromatic heterocycles. The average Bonchev–Trinajstić information content (AvgIpc) is 2.62. The van der Waals surface area contributed by atoms with Crippen LogP contribution in [0, 0.1) is 6.92 Å². The summed E-state index contributed by atoms with van der Waals surface area (Å²) in [5.41, 5.74) is 1.20. The van der Waals surface area contributed by atoms with Gasteiger partial charge in [0.25, 0.3) is 0 Å². The van der Waals surface area contributed by atoms with Crippen molar-refractivity contribution in [1.29, 1.82) is 0 Å². The van der Waals surface area contributed by atoms with E-state index in [1.54, 1.807) is 0 Å². The minimum Gasteiger partial charge on any atom is -0.366 e. The van der Waals surface area contributed by atoms with Crippen LogP contribution in [0.2, 0.25) is 0 Å². The molecule has 1 unspecified atom stereocenters. The Morgan fingerprint density at radius 3 is 3.14 bits per heavy atom. The van der Waals surface area contributed by atoms with Gasteiger partial charge in [-0.05, 0) is 46.7 Å². The monoisotopic (exact) mass is 272 g/mol. The zero-order chi connectivity index (χ0) is 9.97. The predicted octanol–water partition coefficient (Wildman–Crippen LogP) is 3.07. The summed E-state index contributed by atoms with van der Waals surface area (Å²) in [5.74, 6) is 3.51. The molecule has 1 aromatic rings. The summed E-state index contributed by atoms with van der Waals surface area (Å²) in [6.45, 7) is 2.09. The summed E-state index contributed by atoms with van der Waals surface area (Å²) in [4.78, 5) is 4.37. The number of nitrogens with zero attached hydrogens (tertiary/aromatic N) is 1. The van der Waals surface area contributed by atoms with Gasteiger partial charge in [-0.25, -0.2) is 4.98 Å². The maximum atomic E-state index is 4.37. The Bertz CT molecular complexity index is 324. The molecule has 2 rings (SSSR count). The maximum Gasteiger partial charge on any atom is 0.129 e. The molecule has 4 heteroatoms. The van der Waals surface area contributed by atoms with Crippen LogP contribution in [-0.2, 0) is 0 Å². The van der Waals surface area contributed by atoms with Crippen molar-refractivity contribution in [1.82, 2.24) is 4.98 Å². The third kappa shape index (κ3) is 2.42. The first-order chi connectivity index (χ1) is 6.75. The molecule has 0 radical (unpaired) electrons. The van der Waals surface area contributed by atoms with Gasteiger partial charge in [-0.1, -0.05) is 0 Å². The predicted molar refractivity (Wildman–Crippen MR) is 66.0 cm³/mol. The van der Waals surface area contributed by atoms with Gasteiger partial charge in [0.1, 0.15) is 5.82 Å². The zero-order valence-corrected chi connectivity index (χ0v) is 10.5. The molecule has 0 amide bonds. The minimum atomic E-state index is 0.604. The lowest BCUT2D eigenvalue weighted by Crippen LogP contribution is -2.19. The molecule has 1 N–H and O–H groups in total. The molecule has 1 fully saturated rings. The number of hydrogen-bond donors (Lipinski definition) is 1. The summed E-state index contributed by atoms with van der Waals surface area (Å²) in [5, 5.41) is 3.48. The first kappa shape index (κ1) is 10.3. The number of anilines is 1. The van der Waals surface area contributed by atoms with E-state index in [4.69, 9.17) is 0 Å². The Morgan fingerprint density at radius 2 is 2.50 bits per heavy atom. The molecule has 2 heterocycles. The molecule has 1 saturated heterocycles. The van der Waals surface area contributed by atoms with Crippen molar-refractivity contribution in [3.8, 4) is 0 Å². The lowest BCUT2D eigenvalue weighted by Gasteiger charge is -2.13. The fourth-order valence-electron chi connectivity index (χ4n) is 1.53. The van der Waals surface area contributed by atoms with E-state index in [1.165, 1.54) is 23.5 Å². The SMILES string of the molecule is Cc1cc(Br)cnc1NC1CCSC1. The smallest absolute Gasteiger partial charge is 0.129 e. The van der Waals surface area contributed by atoms with Crippen LogP contribution < -0.4 is 5.32 Å². The second kappa shape index (κ2) is 4.53. The summed E-state index contributed by atoms with van der Waals surface area (Å²) in [6.07, 6.45) is 3.10. The van der Waals surface area contributed by atoms with Crippen LogP contribution in [0.1, 0.15) is 12.0 Å². The van der Waals surface area contributed by atoms with Gasteiger partial charge >= 0.3 is 0 Å². The van der Waals surface area contributed by atoms with Crippen LogP contribution in [0.3, 0.4) is 0 Å². The Kier molecular flexibility index (Phi) is 3.34. The Hall–Kier alpha value is -0.220. The lowest BCUT2D eigenvalue weighted by atomic mass is 10.2. The molecule has 0 aliphatic carbocycles. The molecule has 2 nitrogen and oxygen atoms in total. The number of hydrogen-bond acceptors (Lipinski definition) is 3. The van der Waals surface area contributed by atoms with E-state index < -0.39 is 0 Å². The molecule has 1 atom stereocenters. The molecule has 0 spiro atoms. The second-order valence-corrected chi connectivity index (χ2v) is 5.59. The fourth-order valence-corrected chi connectivity index (χ4v) is 3.13. The molecule has 14 heavy (non-hydrogen) atoms. The third-order valence-corrected chi connectivity index (χ3v) is 3.91. The topological polar surface area (TPSA) is 24.9 Å². The van der Waals surface area contributed by atoms with Gasteiger partial charge in [-0.3, -0.25) is 0 Å². The van der Waals surface area contributed by atoms with E-state index in [0.29, 0.717) is 6.04 Å². The lowest BCUT2D eigenvalue weighted by molar-refractivity contribution is 0.805. The summed E-state index contributed by atoms with van der Waals surface area (Å²) >= 11 is 5.43. The molecule has 0 bridgehead atoms. The molecule has 1 aliphatic heterocycles. The van der Waals surface area contributed by atoms with Crippen LogP contribution in [0.15, 0.2) is 16.7 Å². The summed E-state index contributed by atoms with van der Waals surface area (Å²) in [7, 11) is 0. The number of aromatic nitrogens is 1. The van der Waals surface area contributed by atoms with E-state index in [-0.39, 0.29) is 0 Å².